The summed E-state index contributed by atoms with van der Waals surface area (Å²) >= 11 is 5.39. The quantitative estimate of drug-likeness (QED) is 0.354. The molecular weight excluding hydrogens is 395 g/mol. The van der Waals surface area contributed by atoms with Crippen LogP contribution in [0.5, 0.6) is 5.75 Å². The average molecular weight is 421 g/mol. The maximum Gasteiger partial charge on any atom is 0.175 e. The van der Waals surface area contributed by atoms with Crippen LogP contribution in [0, 0.1) is 26.6 Å². The van der Waals surface area contributed by atoms with Crippen LogP contribution in [-0.2, 0) is 0 Å². The molecule has 0 heterocycles. The Morgan fingerprint density at radius 3 is 2.13 bits per heavy atom. The van der Waals surface area contributed by atoms with Crippen LogP contribution in [0.15, 0.2) is 54.6 Å². The summed E-state index contributed by atoms with van der Waals surface area (Å²) in [7, 11) is 1.62. The summed E-state index contributed by atoms with van der Waals surface area (Å²) in [6.45, 7) is 6.40. The fraction of sp³-hybridized carbons (Fsp3) is 0.160. The number of thiocarbonyl (C=S) groups is 1. The van der Waals surface area contributed by atoms with Gasteiger partial charge in [0.15, 0.2) is 5.11 Å². The predicted molar refractivity (Wildman–Crippen MR) is 129 cm³/mol. The van der Waals surface area contributed by atoms with Gasteiger partial charge in [-0.15, -0.1) is 0 Å². The Balaban J connectivity index is 1.77. The lowest BCUT2D eigenvalue weighted by Gasteiger charge is -2.14. The molecule has 0 saturated heterocycles. The summed E-state index contributed by atoms with van der Waals surface area (Å²) in [6, 6.07) is 16.3. The summed E-state index contributed by atoms with van der Waals surface area (Å²) in [5.41, 5.74) is 7.51. The Bertz CT molecular complexity index is 1070. The summed E-state index contributed by atoms with van der Waals surface area (Å²) < 4.78 is 18.5. The van der Waals surface area contributed by atoms with Crippen molar-refractivity contribution in [2.45, 2.75) is 20.8 Å². The number of methoxy groups -OCH3 is 1. The van der Waals surface area contributed by atoms with E-state index >= 15 is 0 Å². The number of anilines is 2. The van der Waals surface area contributed by atoms with Crippen molar-refractivity contribution in [3.05, 3.63) is 88.2 Å². The molecule has 0 aliphatic carbocycles. The van der Waals surface area contributed by atoms with Gasteiger partial charge in [0.1, 0.15) is 11.6 Å². The van der Waals surface area contributed by atoms with Crippen LogP contribution in [0.25, 0.3) is 12.2 Å². The Hall–Kier alpha value is -3.18. The van der Waals surface area contributed by atoms with Crippen molar-refractivity contribution in [2.75, 3.05) is 17.7 Å². The van der Waals surface area contributed by atoms with Crippen LogP contribution in [0.4, 0.5) is 15.8 Å². The van der Waals surface area contributed by atoms with Crippen LogP contribution in [-0.4, -0.2) is 12.2 Å². The molecule has 154 valence electrons. The van der Waals surface area contributed by atoms with E-state index in [-0.39, 0.29) is 5.82 Å². The molecule has 0 aromatic heterocycles. The summed E-state index contributed by atoms with van der Waals surface area (Å²) in [6.07, 6.45) is 4.16. The van der Waals surface area contributed by atoms with Crippen LogP contribution in [0.1, 0.15) is 27.8 Å². The molecule has 0 unspecified atom stereocenters. The predicted octanol–water partition coefficient (Wildman–Crippen LogP) is 6.74. The number of hydrogen-bond donors (Lipinski definition) is 2. The van der Waals surface area contributed by atoms with Crippen molar-refractivity contribution >= 4 is 40.9 Å². The molecule has 0 spiro atoms. The number of hydrogen-bond acceptors (Lipinski definition) is 2. The smallest absolute Gasteiger partial charge is 0.175 e. The van der Waals surface area contributed by atoms with E-state index in [4.69, 9.17) is 17.0 Å². The normalized spacial score (nSPS) is 10.8. The third-order valence-electron chi connectivity index (χ3n) is 4.99. The zero-order chi connectivity index (χ0) is 21.7. The van der Waals surface area contributed by atoms with Crippen LogP contribution < -0.4 is 15.4 Å². The Morgan fingerprint density at radius 2 is 1.50 bits per heavy atom. The van der Waals surface area contributed by atoms with E-state index in [9.17, 15) is 4.39 Å². The second-order valence-electron chi connectivity index (χ2n) is 7.16. The fourth-order valence-corrected chi connectivity index (χ4v) is 3.33. The van der Waals surface area contributed by atoms with Crippen LogP contribution in [0.3, 0.4) is 0 Å². The van der Waals surface area contributed by atoms with Crippen LogP contribution in [0.2, 0.25) is 0 Å². The van der Waals surface area contributed by atoms with Crippen molar-refractivity contribution in [3.63, 3.8) is 0 Å². The highest BCUT2D eigenvalue weighted by Gasteiger charge is 2.07. The lowest BCUT2D eigenvalue weighted by molar-refractivity contribution is 0.417. The Kier molecular flexibility index (Phi) is 6.85. The number of aryl methyl sites for hydroxylation is 2. The van der Waals surface area contributed by atoms with Gasteiger partial charge in [-0.1, -0.05) is 30.4 Å². The highest BCUT2D eigenvalue weighted by Crippen LogP contribution is 2.27. The SMILES string of the molecule is COc1ccc(C=Cc2cc(C)c(C)c(C)c2)cc1NC(=S)Nc1ccc(F)cc1. The number of rotatable bonds is 5. The van der Waals surface area contributed by atoms with Gasteiger partial charge in [0.05, 0.1) is 12.8 Å². The molecule has 2 N–H and O–H groups in total. The van der Waals surface area contributed by atoms with E-state index in [1.54, 1.807) is 19.2 Å². The summed E-state index contributed by atoms with van der Waals surface area (Å²) in [5.74, 6) is 0.386. The first-order valence-electron chi connectivity index (χ1n) is 9.63. The van der Waals surface area contributed by atoms with E-state index in [1.165, 1.54) is 28.8 Å². The highest BCUT2D eigenvalue weighted by atomic mass is 32.1. The molecular formula is C25H25FN2OS. The molecule has 0 amide bonds. The molecule has 0 saturated carbocycles. The van der Waals surface area contributed by atoms with Gasteiger partial charge < -0.3 is 15.4 Å². The van der Waals surface area contributed by atoms with Crippen molar-refractivity contribution in [1.82, 2.24) is 0 Å². The first kappa shape index (κ1) is 21.5. The highest BCUT2D eigenvalue weighted by molar-refractivity contribution is 7.80. The van der Waals surface area contributed by atoms with E-state index in [2.05, 4.69) is 55.7 Å². The zero-order valence-electron chi connectivity index (χ0n) is 17.5. The number of halogens is 1. The number of ether oxygens (including phenoxy) is 1. The topological polar surface area (TPSA) is 33.3 Å². The first-order chi connectivity index (χ1) is 14.4. The Morgan fingerprint density at radius 1 is 0.867 bits per heavy atom. The minimum atomic E-state index is -0.292. The molecule has 0 atom stereocenters. The Labute approximate surface area is 182 Å². The lowest BCUT2D eigenvalue weighted by atomic mass is 10.00. The maximum atomic E-state index is 13.1. The van der Waals surface area contributed by atoms with E-state index in [0.717, 1.165) is 16.8 Å². The standard InChI is InChI=1S/C25H25FN2OS/c1-16-13-20(14-17(2)18(16)3)6-5-19-7-12-24(29-4)23(15-19)28-25(30)27-22-10-8-21(26)9-11-22/h5-15H,1-4H3,(H2,27,28,30). The van der Waals surface area contributed by atoms with Gasteiger partial charge in [0.2, 0.25) is 0 Å². The van der Waals surface area contributed by atoms with Gasteiger partial charge in [-0.3, -0.25) is 0 Å². The molecule has 0 fully saturated rings. The number of nitrogens with one attached hydrogen (secondary N) is 2. The molecule has 0 aliphatic heterocycles. The maximum absolute atomic E-state index is 13.1. The van der Waals surface area contributed by atoms with Gasteiger partial charge in [-0.2, -0.15) is 0 Å². The lowest BCUT2D eigenvalue weighted by Crippen LogP contribution is -2.19. The molecule has 3 nitrogen and oxygen atoms in total. The fourth-order valence-electron chi connectivity index (χ4n) is 3.10. The third-order valence-corrected chi connectivity index (χ3v) is 5.20. The average Bonchev–Trinajstić information content (AvgIpc) is 2.72. The second-order valence-corrected chi connectivity index (χ2v) is 7.57. The van der Waals surface area contributed by atoms with E-state index < -0.39 is 0 Å². The molecule has 30 heavy (non-hydrogen) atoms. The van der Waals surface area contributed by atoms with Gasteiger partial charge in [0, 0.05) is 5.69 Å². The van der Waals surface area contributed by atoms with Crippen molar-refractivity contribution in [3.8, 4) is 5.75 Å². The first-order valence-corrected chi connectivity index (χ1v) is 10.0. The second kappa shape index (κ2) is 9.55. The molecule has 0 aliphatic rings. The van der Waals surface area contributed by atoms with Gasteiger partial charge in [-0.05, 0) is 97.2 Å². The summed E-state index contributed by atoms with van der Waals surface area (Å²) in [4.78, 5) is 0. The van der Waals surface area contributed by atoms with Crippen molar-refractivity contribution in [2.24, 2.45) is 0 Å². The van der Waals surface area contributed by atoms with Crippen molar-refractivity contribution in [1.29, 1.82) is 0 Å². The molecule has 0 bridgehead atoms. The third kappa shape index (κ3) is 5.45. The van der Waals surface area contributed by atoms with Crippen LogP contribution >= 0.6 is 12.2 Å². The molecule has 5 heteroatoms. The molecule has 3 aromatic carbocycles. The van der Waals surface area contributed by atoms with Gasteiger partial charge in [0.25, 0.3) is 0 Å². The van der Waals surface area contributed by atoms with E-state index in [1.807, 2.05) is 18.2 Å². The molecule has 3 aromatic rings. The minimum Gasteiger partial charge on any atom is -0.495 e. The number of benzene rings is 3. The summed E-state index contributed by atoms with van der Waals surface area (Å²) in [5, 5.41) is 6.59. The largest absolute Gasteiger partial charge is 0.495 e. The van der Waals surface area contributed by atoms with Gasteiger partial charge >= 0.3 is 0 Å². The molecule has 3 rings (SSSR count). The zero-order valence-corrected chi connectivity index (χ0v) is 18.4. The molecule has 0 radical (unpaired) electrons. The monoisotopic (exact) mass is 420 g/mol. The van der Waals surface area contributed by atoms with Crippen molar-refractivity contribution < 1.29 is 9.13 Å². The minimum absolute atomic E-state index is 0.292. The van der Waals surface area contributed by atoms with Gasteiger partial charge in [-0.25, -0.2) is 4.39 Å². The van der Waals surface area contributed by atoms with E-state index in [0.29, 0.717) is 16.5 Å².